The summed E-state index contributed by atoms with van der Waals surface area (Å²) in [5.41, 5.74) is 5.60. The molecule has 2 rings (SSSR count). The average Bonchev–Trinajstić information content (AvgIpc) is 2.61. The minimum atomic E-state index is -0.268. The van der Waals surface area contributed by atoms with Crippen LogP contribution in [0.5, 0.6) is 0 Å². The lowest BCUT2D eigenvalue weighted by atomic mass is 9.95. The van der Waals surface area contributed by atoms with Gasteiger partial charge >= 0.3 is 6.03 Å². The number of hydrogen-bond donors (Lipinski definition) is 1. The van der Waals surface area contributed by atoms with Crippen LogP contribution in [0, 0.1) is 0 Å². The lowest BCUT2D eigenvalue weighted by Crippen LogP contribution is -2.56. The number of amides is 2. The van der Waals surface area contributed by atoms with Gasteiger partial charge < -0.3 is 10.6 Å². The molecule has 1 unspecified atom stereocenters. The fourth-order valence-corrected chi connectivity index (χ4v) is 3.62. The summed E-state index contributed by atoms with van der Waals surface area (Å²) in [5, 5.41) is 0. The van der Waals surface area contributed by atoms with Crippen molar-refractivity contribution < 1.29 is 4.79 Å². The van der Waals surface area contributed by atoms with Crippen LogP contribution in [0.15, 0.2) is 4.99 Å². The maximum absolute atomic E-state index is 11.6. The molecule has 0 aliphatic carbocycles. The molecule has 2 heterocycles. The quantitative estimate of drug-likeness (QED) is 0.708. The van der Waals surface area contributed by atoms with E-state index in [0.717, 1.165) is 17.9 Å². The maximum Gasteiger partial charge on any atom is 0.346 e. The summed E-state index contributed by atoms with van der Waals surface area (Å²) < 4.78 is 0. The Morgan fingerprint density at radius 3 is 2.86 bits per heavy atom. The molecule has 1 saturated heterocycles. The molecule has 1 atom stereocenters. The van der Waals surface area contributed by atoms with E-state index in [1.165, 1.54) is 0 Å². The second-order valence-corrected chi connectivity index (χ2v) is 5.18. The average molecular weight is 213 g/mol. The van der Waals surface area contributed by atoms with Crippen LogP contribution in [0.25, 0.3) is 0 Å². The predicted octanol–water partition coefficient (Wildman–Crippen LogP) is 1.06. The van der Waals surface area contributed by atoms with Crippen LogP contribution in [-0.4, -0.2) is 39.9 Å². The van der Waals surface area contributed by atoms with E-state index < -0.39 is 0 Å². The summed E-state index contributed by atoms with van der Waals surface area (Å²) in [5.74, 6) is 2.47. The number of aliphatic imine (C=N–C) groups is 1. The third kappa shape index (κ3) is 1.15. The first kappa shape index (κ1) is 9.83. The topological polar surface area (TPSA) is 58.7 Å². The third-order valence-corrected chi connectivity index (χ3v) is 4.05. The molecule has 0 bridgehead atoms. The van der Waals surface area contributed by atoms with Gasteiger partial charge in [0.15, 0.2) is 0 Å². The molecule has 0 aromatic heterocycles. The van der Waals surface area contributed by atoms with Crippen LogP contribution >= 0.6 is 11.8 Å². The van der Waals surface area contributed by atoms with E-state index in [1.54, 1.807) is 0 Å². The van der Waals surface area contributed by atoms with Gasteiger partial charge in [0.05, 0.1) is 0 Å². The molecule has 78 valence electrons. The Morgan fingerprint density at radius 2 is 2.36 bits per heavy atom. The molecule has 2 amide bonds. The summed E-state index contributed by atoms with van der Waals surface area (Å²) in [6.45, 7) is 4.02. The van der Waals surface area contributed by atoms with Crippen molar-refractivity contribution in [2.24, 2.45) is 10.7 Å². The van der Waals surface area contributed by atoms with Gasteiger partial charge in [-0.15, -0.1) is 0 Å². The van der Waals surface area contributed by atoms with Crippen LogP contribution in [0.1, 0.15) is 20.3 Å². The lowest BCUT2D eigenvalue weighted by molar-refractivity contribution is 0.158. The van der Waals surface area contributed by atoms with Crippen LogP contribution < -0.4 is 5.73 Å². The highest BCUT2D eigenvalue weighted by molar-refractivity contribution is 7.99. The Labute approximate surface area is 87.9 Å². The van der Waals surface area contributed by atoms with Gasteiger partial charge in [0, 0.05) is 11.8 Å². The van der Waals surface area contributed by atoms with E-state index in [0.29, 0.717) is 5.84 Å². The number of carbonyl (C=O) groups is 1. The highest BCUT2D eigenvalue weighted by atomic mass is 32.2. The van der Waals surface area contributed by atoms with E-state index in [2.05, 4.69) is 4.99 Å². The summed E-state index contributed by atoms with van der Waals surface area (Å²) in [6, 6.07) is 0.00556. The number of nitrogens with two attached hydrogens (primary N) is 1. The van der Waals surface area contributed by atoms with Gasteiger partial charge in [-0.2, -0.15) is 16.8 Å². The van der Waals surface area contributed by atoms with Gasteiger partial charge in [0.25, 0.3) is 0 Å². The number of hydrogen-bond acceptors (Lipinski definition) is 3. The molecule has 0 saturated carbocycles. The van der Waals surface area contributed by atoms with Crippen LogP contribution in [0.2, 0.25) is 0 Å². The smallest absolute Gasteiger partial charge is 0.346 e. The predicted molar refractivity (Wildman–Crippen MR) is 58.7 cm³/mol. The number of urea groups is 1. The molecule has 0 aromatic carbocycles. The van der Waals surface area contributed by atoms with Crippen LogP contribution in [0.3, 0.4) is 0 Å². The maximum atomic E-state index is 11.6. The van der Waals surface area contributed by atoms with E-state index >= 15 is 0 Å². The molecule has 2 N–H and O–H groups in total. The zero-order valence-corrected chi connectivity index (χ0v) is 9.30. The first-order chi connectivity index (χ1) is 6.58. The summed E-state index contributed by atoms with van der Waals surface area (Å²) in [6.07, 6.45) is 0.941. The molecule has 1 fully saturated rings. The van der Waals surface area contributed by atoms with E-state index in [9.17, 15) is 4.79 Å². The van der Waals surface area contributed by atoms with Crippen molar-refractivity contribution in [3.05, 3.63) is 0 Å². The molecule has 0 radical (unpaired) electrons. The third-order valence-electron chi connectivity index (χ3n) is 2.88. The Kier molecular flexibility index (Phi) is 2.21. The number of thioether (sulfide) groups is 1. The highest BCUT2D eigenvalue weighted by Gasteiger charge is 2.51. The van der Waals surface area contributed by atoms with E-state index in [-0.39, 0.29) is 17.6 Å². The Balaban J connectivity index is 2.37. The van der Waals surface area contributed by atoms with Crippen molar-refractivity contribution in [3.63, 3.8) is 0 Å². The standard InChI is InChI=1S/C9H15N3OS/c1-6(2)12-8(13)11-7(10)9(12)3-4-14-5-9/h6H,3-5H2,1-2H3,(H2,10,11,13). The zero-order chi connectivity index (χ0) is 10.3. The van der Waals surface area contributed by atoms with Crippen molar-refractivity contribution >= 4 is 23.6 Å². The number of nitrogens with zero attached hydrogens (tertiary/aromatic N) is 2. The van der Waals surface area contributed by atoms with Gasteiger partial charge in [-0.25, -0.2) is 4.79 Å². The Bertz CT molecular complexity index is 294. The van der Waals surface area contributed by atoms with Gasteiger partial charge in [-0.3, -0.25) is 0 Å². The Morgan fingerprint density at radius 1 is 1.64 bits per heavy atom. The molecule has 0 aromatic rings. The minimum Gasteiger partial charge on any atom is -0.385 e. The second kappa shape index (κ2) is 3.15. The summed E-state index contributed by atoms with van der Waals surface area (Å²) in [7, 11) is 0. The van der Waals surface area contributed by atoms with Crippen molar-refractivity contribution in [2.45, 2.75) is 31.8 Å². The molecular formula is C9H15N3OS. The summed E-state index contributed by atoms with van der Waals surface area (Å²) >= 11 is 1.84. The highest BCUT2D eigenvalue weighted by Crippen LogP contribution is 2.38. The minimum absolute atomic E-state index is 0.167. The lowest BCUT2D eigenvalue weighted by Gasteiger charge is -2.36. The molecule has 2 aliphatic heterocycles. The van der Waals surface area contributed by atoms with Crippen molar-refractivity contribution in [1.82, 2.24) is 4.90 Å². The number of rotatable bonds is 1. The number of carbonyl (C=O) groups excluding carboxylic acids is 1. The largest absolute Gasteiger partial charge is 0.385 e. The van der Waals surface area contributed by atoms with E-state index in [1.807, 2.05) is 30.5 Å². The van der Waals surface area contributed by atoms with Gasteiger partial charge in [0.1, 0.15) is 11.4 Å². The first-order valence-electron chi connectivity index (χ1n) is 4.83. The number of amidine groups is 1. The van der Waals surface area contributed by atoms with Crippen LogP contribution in [0.4, 0.5) is 4.79 Å². The molecule has 14 heavy (non-hydrogen) atoms. The van der Waals surface area contributed by atoms with Gasteiger partial charge in [-0.1, -0.05) is 0 Å². The second-order valence-electron chi connectivity index (χ2n) is 4.08. The van der Waals surface area contributed by atoms with Crippen molar-refractivity contribution in [2.75, 3.05) is 11.5 Å². The summed E-state index contributed by atoms with van der Waals surface area (Å²) in [4.78, 5) is 17.4. The first-order valence-corrected chi connectivity index (χ1v) is 5.99. The van der Waals surface area contributed by atoms with Crippen LogP contribution in [-0.2, 0) is 0 Å². The van der Waals surface area contributed by atoms with Gasteiger partial charge in [0.2, 0.25) is 0 Å². The SMILES string of the molecule is CC(C)N1C(=O)N=C(N)C12CCSC2. The fraction of sp³-hybridized carbons (Fsp3) is 0.778. The van der Waals surface area contributed by atoms with Crippen molar-refractivity contribution in [3.8, 4) is 0 Å². The molecule has 2 aliphatic rings. The molecule has 4 nitrogen and oxygen atoms in total. The molecule has 1 spiro atoms. The zero-order valence-electron chi connectivity index (χ0n) is 8.49. The molecule has 5 heteroatoms. The van der Waals surface area contributed by atoms with Gasteiger partial charge in [-0.05, 0) is 26.0 Å². The van der Waals surface area contributed by atoms with Crippen molar-refractivity contribution in [1.29, 1.82) is 0 Å². The normalized spacial score (nSPS) is 32.1. The van der Waals surface area contributed by atoms with E-state index in [4.69, 9.17) is 5.73 Å². The molecular weight excluding hydrogens is 198 g/mol. The monoisotopic (exact) mass is 213 g/mol. The fourth-order valence-electron chi connectivity index (χ4n) is 2.23. The Hall–Kier alpha value is -0.710.